The molecule has 0 aromatic heterocycles. The number of hydrogen-bond acceptors (Lipinski definition) is 1. The molecular weight excluding hydrogens is 185 g/mol. The number of anilines is 1. The first-order valence-electron chi connectivity index (χ1n) is 2.40. The second-order valence-corrected chi connectivity index (χ2v) is 2.62. The summed E-state index contributed by atoms with van der Waals surface area (Å²) in [6.07, 6.45) is 0. The molecule has 0 atom stereocenters. The number of nitrogens with two attached hydrogens (primary N) is 1. The first kappa shape index (κ1) is 6.55. The van der Waals surface area contributed by atoms with E-state index in [1.54, 1.807) is 6.07 Å². The highest BCUT2D eigenvalue weighted by Gasteiger charge is 1.92. The summed E-state index contributed by atoms with van der Waals surface area (Å²) in [4.78, 5) is 0. The molecule has 0 radical (unpaired) electrons. The predicted octanol–water partition coefficient (Wildman–Crippen LogP) is 2.17. The Hall–Kier alpha value is -0.570. The molecule has 3 heteroatoms. The van der Waals surface area contributed by atoms with Gasteiger partial charge in [-0.1, -0.05) is 15.9 Å². The van der Waals surface area contributed by atoms with Gasteiger partial charge in [-0.2, -0.15) is 0 Å². The summed E-state index contributed by atoms with van der Waals surface area (Å²) < 4.78 is 13.0. The minimum atomic E-state index is -0.318. The van der Waals surface area contributed by atoms with Gasteiger partial charge in [0.2, 0.25) is 0 Å². The van der Waals surface area contributed by atoms with Gasteiger partial charge in [0, 0.05) is 10.2 Å². The molecule has 0 saturated heterocycles. The van der Waals surface area contributed by atoms with Crippen LogP contribution in [0.4, 0.5) is 10.1 Å². The Labute approximate surface area is 60.8 Å². The van der Waals surface area contributed by atoms with E-state index in [9.17, 15) is 4.39 Å². The highest BCUT2D eigenvalue weighted by molar-refractivity contribution is 9.10. The van der Waals surface area contributed by atoms with Gasteiger partial charge in [0.15, 0.2) is 0 Å². The number of benzene rings is 1. The van der Waals surface area contributed by atoms with Crippen molar-refractivity contribution in [3.8, 4) is 0 Å². The van der Waals surface area contributed by atoms with Gasteiger partial charge in [0.05, 0.1) is 0 Å². The fraction of sp³-hybridized carbons (Fsp3) is 0. The molecule has 1 nitrogen and oxygen atoms in total. The van der Waals surface area contributed by atoms with Crippen molar-refractivity contribution in [3.05, 3.63) is 28.5 Å². The lowest BCUT2D eigenvalue weighted by molar-refractivity contribution is 0.627. The van der Waals surface area contributed by atoms with Crippen molar-refractivity contribution in [2.75, 3.05) is 5.73 Å². The average Bonchev–Trinajstić information content (AvgIpc) is 1.59. The fourth-order valence-corrected chi connectivity index (χ4v) is 1.06. The molecule has 1 aromatic carbocycles. The fourth-order valence-electron chi connectivity index (χ4n) is 0.575. The number of hydrogen-bond donors (Lipinski definition) is 1. The molecule has 0 bridgehead atoms. The van der Waals surface area contributed by atoms with Crippen LogP contribution in [-0.4, -0.2) is 0 Å². The Morgan fingerprint density at radius 3 is 2.44 bits per heavy atom. The first-order chi connectivity index (χ1) is 4.18. The summed E-state index contributed by atoms with van der Waals surface area (Å²) in [7, 11) is 0. The van der Waals surface area contributed by atoms with Crippen LogP contribution in [0.1, 0.15) is 0 Å². The molecule has 0 heterocycles. The molecule has 9 heavy (non-hydrogen) atoms. The third kappa shape index (κ3) is 1.68. The number of halogens is 2. The molecular formula is C6H5BrFN. The van der Waals surface area contributed by atoms with E-state index in [1.165, 1.54) is 12.1 Å². The summed E-state index contributed by atoms with van der Waals surface area (Å²) in [5.41, 5.74) is 5.72. The lowest BCUT2D eigenvalue weighted by atomic mass is 10.3. The molecule has 0 aliphatic rings. The van der Waals surface area contributed by atoms with Gasteiger partial charge in [-0.05, 0) is 18.2 Å². The van der Waals surface area contributed by atoms with Crippen LogP contribution in [0.2, 0.25) is 0 Å². The van der Waals surface area contributed by atoms with Gasteiger partial charge in [-0.3, -0.25) is 0 Å². The van der Waals surface area contributed by atoms with Gasteiger partial charge < -0.3 is 5.73 Å². The lowest BCUT2D eigenvalue weighted by Crippen LogP contribution is -1.84. The third-order valence-corrected chi connectivity index (χ3v) is 1.34. The summed E-state index contributed by atoms with van der Waals surface area (Å²) >= 11 is 3.09. The van der Waals surface area contributed by atoms with Crippen LogP contribution >= 0.6 is 15.9 Å². The van der Waals surface area contributed by atoms with Crippen molar-refractivity contribution in [3.63, 3.8) is 0 Å². The summed E-state index contributed by atoms with van der Waals surface area (Å²) in [6, 6.07) is 4.27. The largest absolute Gasteiger partial charge is 0.399 e. The highest BCUT2D eigenvalue weighted by Crippen LogP contribution is 2.15. The van der Waals surface area contributed by atoms with Crippen molar-refractivity contribution in [1.29, 1.82) is 0 Å². The minimum Gasteiger partial charge on any atom is -0.399 e. The molecule has 0 aliphatic carbocycles. The van der Waals surface area contributed by atoms with E-state index in [2.05, 4.69) is 15.9 Å². The van der Waals surface area contributed by atoms with Crippen molar-refractivity contribution in [1.82, 2.24) is 0 Å². The van der Waals surface area contributed by atoms with E-state index in [1.807, 2.05) is 0 Å². The average molecular weight is 190 g/mol. The topological polar surface area (TPSA) is 26.0 Å². The monoisotopic (exact) mass is 189 g/mol. The molecule has 2 N–H and O–H groups in total. The minimum absolute atomic E-state index is 0.318. The van der Waals surface area contributed by atoms with E-state index < -0.39 is 0 Å². The van der Waals surface area contributed by atoms with Gasteiger partial charge in [-0.25, -0.2) is 4.39 Å². The van der Waals surface area contributed by atoms with Gasteiger partial charge in [-0.15, -0.1) is 0 Å². The van der Waals surface area contributed by atoms with Crippen LogP contribution in [0.5, 0.6) is 0 Å². The third-order valence-electron chi connectivity index (χ3n) is 0.885. The number of nitrogen functional groups attached to an aromatic ring is 1. The van der Waals surface area contributed by atoms with Crippen LogP contribution in [0.15, 0.2) is 22.7 Å². The Morgan fingerprint density at radius 1 is 1.33 bits per heavy atom. The van der Waals surface area contributed by atoms with Crippen LogP contribution in [0.25, 0.3) is 0 Å². The second-order valence-electron chi connectivity index (χ2n) is 1.70. The maximum absolute atomic E-state index is 12.3. The molecule has 0 spiro atoms. The standard InChI is InChI=1S/C6H5BrFN/c7-4-1-5(8)3-6(9)2-4/h1-3H,9H2. The van der Waals surface area contributed by atoms with Crippen molar-refractivity contribution in [2.45, 2.75) is 0 Å². The van der Waals surface area contributed by atoms with E-state index in [-0.39, 0.29) is 5.82 Å². The first-order valence-corrected chi connectivity index (χ1v) is 3.19. The van der Waals surface area contributed by atoms with Gasteiger partial charge in [0.25, 0.3) is 0 Å². The second kappa shape index (κ2) is 2.35. The molecule has 48 valence electrons. The van der Waals surface area contributed by atoms with Gasteiger partial charge in [0.1, 0.15) is 5.82 Å². The summed E-state index contributed by atoms with van der Waals surface area (Å²) in [5.74, 6) is -0.318. The zero-order chi connectivity index (χ0) is 6.85. The summed E-state index contributed by atoms with van der Waals surface area (Å²) in [5, 5.41) is 0. The SMILES string of the molecule is Nc1cc(F)cc(Br)c1. The molecule has 0 saturated carbocycles. The predicted molar refractivity (Wildman–Crippen MR) is 38.5 cm³/mol. The van der Waals surface area contributed by atoms with E-state index in [0.29, 0.717) is 10.2 Å². The number of rotatable bonds is 0. The van der Waals surface area contributed by atoms with Crippen LogP contribution in [-0.2, 0) is 0 Å². The van der Waals surface area contributed by atoms with Gasteiger partial charge >= 0.3 is 0 Å². The molecule has 0 unspecified atom stereocenters. The van der Waals surface area contributed by atoms with Crippen LogP contribution in [0, 0.1) is 5.82 Å². The van der Waals surface area contributed by atoms with Crippen LogP contribution in [0.3, 0.4) is 0 Å². The molecule has 0 amide bonds. The lowest BCUT2D eigenvalue weighted by Gasteiger charge is -1.93. The van der Waals surface area contributed by atoms with Crippen molar-refractivity contribution >= 4 is 21.6 Å². The summed E-state index contributed by atoms with van der Waals surface area (Å²) in [6.45, 7) is 0. The quantitative estimate of drug-likeness (QED) is 0.623. The Balaban J connectivity index is 3.17. The zero-order valence-electron chi connectivity index (χ0n) is 4.57. The Kier molecular flexibility index (Phi) is 1.71. The van der Waals surface area contributed by atoms with E-state index in [0.717, 1.165) is 0 Å². The van der Waals surface area contributed by atoms with E-state index in [4.69, 9.17) is 5.73 Å². The smallest absolute Gasteiger partial charge is 0.126 e. The van der Waals surface area contributed by atoms with Crippen molar-refractivity contribution in [2.24, 2.45) is 0 Å². The highest BCUT2D eigenvalue weighted by atomic mass is 79.9. The Bertz CT molecular complexity index is 174. The van der Waals surface area contributed by atoms with Crippen molar-refractivity contribution < 1.29 is 4.39 Å². The molecule has 1 rings (SSSR count). The maximum atomic E-state index is 12.3. The normalized spacial score (nSPS) is 9.56. The zero-order valence-corrected chi connectivity index (χ0v) is 6.15. The van der Waals surface area contributed by atoms with Crippen LogP contribution < -0.4 is 5.73 Å². The maximum Gasteiger partial charge on any atom is 0.126 e. The Morgan fingerprint density at radius 2 is 2.00 bits per heavy atom. The molecule has 0 aliphatic heterocycles. The van der Waals surface area contributed by atoms with E-state index >= 15 is 0 Å². The molecule has 0 fully saturated rings. The molecule has 1 aromatic rings.